The summed E-state index contributed by atoms with van der Waals surface area (Å²) >= 11 is 9.41. The van der Waals surface area contributed by atoms with Gasteiger partial charge in [-0.05, 0) is 56.7 Å². The predicted molar refractivity (Wildman–Crippen MR) is 131 cm³/mol. The van der Waals surface area contributed by atoms with E-state index in [1.54, 1.807) is 55.5 Å². The Hall–Kier alpha value is -2.10. The lowest BCUT2D eigenvalue weighted by Crippen LogP contribution is -2.52. The van der Waals surface area contributed by atoms with Gasteiger partial charge in [-0.15, -0.1) is 0 Å². The van der Waals surface area contributed by atoms with Gasteiger partial charge in [0.1, 0.15) is 12.6 Å². The van der Waals surface area contributed by atoms with Crippen molar-refractivity contribution in [3.63, 3.8) is 0 Å². The van der Waals surface area contributed by atoms with Gasteiger partial charge in [-0.25, -0.2) is 8.42 Å². The van der Waals surface area contributed by atoms with Crippen LogP contribution in [0.3, 0.4) is 0 Å². The van der Waals surface area contributed by atoms with E-state index in [0.717, 1.165) is 16.1 Å². The molecule has 0 aliphatic rings. The first kappa shape index (κ1) is 26.2. The smallest absolute Gasteiger partial charge is 0.244 e. The second-order valence-corrected chi connectivity index (χ2v) is 11.0. The van der Waals surface area contributed by atoms with Gasteiger partial charge in [-0.3, -0.25) is 13.9 Å². The summed E-state index contributed by atoms with van der Waals surface area (Å²) in [7, 11) is -3.76. The topological polar surface area (TPSA) is 86.8 Å². The Bertz CT molecular complexity index is 1080. The molecule has 1 unspecified atom stereocenters. The highest BCUT2D eigenvalue weighted by Crippen LogP contribution is 2.23. The zero-order valence-electron chi connectivity index (χ0n) is 18.4. The first-order valence-electron chi connectivity index (χ1n) is 9.96. The van der Waals surface area contributed by atoms with Crippen molar-refractivity contribution >= 4 is 55.1 Å². The number of carbonyl (C=O) groups excluding carboxylic acids is 2. The SMILES string of the molecule is CC(C)NC(=O)C(C)N(Cc1cccc(Cl)c1)C(=O)CN(c1cccc(Br)c1)S(C)(=O)=O. The van der Waals surface area contributed by atoms with E-state index in [-0.39, 0.29) is 18.5 Å². The van der Waals surface area contributed by atoms with Gasteiger partial charge in [-0.1, -0.05) is 45.7 Å². The van der Waals surface area contributed by atoms with Crippen molar-refractivity contribution in [3.8, 4) is 0 Å². The van der Waals surface area contributed by atoms with Gasteiger partial charge in [0.25, 0.3) is 0 Å². The Balaban J connectivity index is 2.39. The maximum absolute atomic E-state index is 13.4. The Labute approximate surface area is 202 Å². The minimum Gasteiger partial charge on any atom is -0.352 e. The lowest BCUT2D eigenvalue weighted by atomic mass is 10.1. The number of hydrogen-bond donors (Lipinski definition) is 1. The molecule has 0 saturated heterocycles. The molecule has 1 N–H and O–H groups in total. The average Bonchev–Trinajstić information content (AvgIpc) is 2.68. The van der Waals surface area contributed by atoms with E-state index in [0.29, 0.717) is 15.2 Å². The van der Waals surface area contributed by atoms with Gasteiger partial charge in [0, 0.05) is 22.1 Å². The van der Waals surface area contributed by atoms with Gasteiger partial charge >= 0.3 is 0 Å². The van der Waals surface area contributed by atoms with Gasteiger partial charge < -0.3 is 10.2 Å². The fourth-order valence-electron chi connectivity index (χ4n) is 3.06. The number of sulfonamides is 1. The second-order valence-electron chi connectivity index (χ2n) is 7.74. The van der Waals surface area contributed by atoms with Crippen LogP contribution in [-0.4, -0.2) is 50.0 Å². The molecule has 2 aromatic carbocycles. The molecule has 0 aromatic heterocycles. The highest BCUT2D eigenvalue weighted by Gasteiger charge is 2.30. The van der Waals surface area contributed by atoms with Gasteiger partial charge in [-0.2, -0.15) is 0 Å². The highest BCUT2D eigenvalue weighted by atomic mass is 79.9. The van der Waals surface area contributed by atoms with Crippen LogP contribution in [0.4, 0.5) is 5.69 Å². The minimum atomic E-state index is -3.76. The third-order valence-corrected chi connectivity index (χ3v) is 6.48. The molecule has 0 heterocycles. The Morgan fingerprint density at radius 2 is 1.75 bits per heavy atom. The Morgan fingerprint density at radius 3 is 2.31 bits per heavy atom. The summed E-state index contributed by atoms with van der Waals surface area (Å²) in [6.07, 6.45) is 1.04. The van der Waals surface area contributed by atoms with Crippen LogP contribution in [0, 0.1) is 0 Å². The summed E-state index contributed by atoms with van der Waals surface area (Å²) in [5.41, 5.74) is 1.07. The number of carbonyl (C=O) groups is 2. The van der Waals surface area contributed by atoms with Crippen LogP contribution in [0.25, 0.3) is 0 Å². The third-order valence-electron chi connectivity index (χ3n) is 4.62. The van der Waals surface area contributed by atoms with E-state index in [9.17, 15) is 18.0 Å². The molecule has 0 bridgehead atoms. The van der Waals surface area contributed by atoms with Crippen LogP contribution in [0.1, 0.15) is 26.3 Å². The predicted octanol–water partition coefficient (Wildman–Crippen LogP) is 3.81. The van der Waals surface area contributed by atoms with Gasteiger partial charge in [0.2, 0.25) is 21.8 Å². The first-order valence-corrected chi connectivity index (χ1v) is 13.0. The van der Waals surface area contributed by atoms with Crippen molar-refractivity contribution < 1.29 is 18.0 Å². The van der Waals surface area contributed by atoms with Crippen molar-refractivity contribution in [3.05, 3.63) is 63.6 Å². The average molecular weight is 545 g/mol. The van der Waals surface area contributed by atoms with E-state index in [1.165, 1.54) is 4.90 Å². The molecule has 0 saturated carbocycles. The van der Waals surface area contributed by atoms with Crippen LogP contribution in [-0.2, 0) is 26.2 Å². The number of nitrogens with zero attached hydrogens (tertiary/aromatic N) is 2. The van der Waals surface area contributed by atoms with Gasteiger partial charge in [0.15, 0.2) is 0 Å². The zero-order valence-corrected chi connectivity index (χ0v) is 21.5. The van der Waals surface area contributed by atoms with Gasteiger partial charge in [0.05, 0.1) is 11.9 Å². The fraction of sp³-hybridized carbons (Fsp3) is 0.364. The summed E-state index contributed by atoms with van der Waals surface area (Å²) in [5.74, 6) is -0.842. The Morgan fingerprint density at radius 1 is 1.09 bits per heavy atom. The molecule has 10 heteroatoms. The first-order chi connectivity index (χ1) is 14.9. The number of nitrogens with one attached hydrogen (secondary N) is 1. The van der Waals surface area contributed by atoms with Crippen LogP contribution in [0.15, 0.2) is 53.0 Å². The lowest BCUT2D eigenvalue weighted by Gasteiger charge is -2.32. The molecule has 1 atom stereocenters. The van der Waals surface area contributed by atoms with E-state index in [4.69, 9.17) is 11.6 Å². The zero-order chi connectivity index (χ0) is 24.1. The van der Waals surface area contributed by atoms with Crippen LogP contribution in [0.5, 0.6) is 0 Å². The van der Waals surface area contributed by atoms with Crippen molar-refractivity contribution in [2.75, 3.05) is 17.1 Å². The number of rotatable bonds is 9. The van der Waals surface area contributed by atoms with Crippen LogP contribution >= 0.6 is 27.5 Å². The van der Waals surface area contributed by atoms with Crippen molar-refractivity contribution in [2.24, 2.45) is 0 Å². The van der Waals surface area contributed by atoms with E-state index in [2.05, 4.69) is 21.2 Å². The number of anilines is 1. The molecule has 7 nitrogen and oxygen atoms in total. The minimum absolute atomic E-state index is 0.0994. The van der Waals surface area contributed by atoms with E-state index < -0.39 is 28.5 Å². The molecule has 2 aromatic rings. The largest absolute Gasteiger partial charge is 0.352 e. The monoisotopic (exact) mass is 543 g/mol. The number of amides is 2. The maximum atomic E-state index is 13.4. The molecule has 174 valence electrons. The third kappa shape index (κ3) is 7.50. The molecule has 0 radical (unpaired) electrons. The fourth-order valence-corrected chi connectivity index (χ4v) is 4.51. The summed E-state index contributed by atoms with van der Waals surface area (Å²) < 4.78 is 26.7. The quantitative estimate of drug-likeness (QED) is 0.520. The molecule has 0 spiro atoms. The second kappa shape index (κ2) is 11.2. The Kier molecular flexibility index (Phi) is 9.12. The molecule has 0 fully saturated rings. The van der Waals surface area contributed by atoms with Crippen molar-refractivity contribution in [1.82, 2.24) is 10.2 Å². The summed E-state index contributed by atoms with van der Waals surface area (Å²) in [6, 6.07) is 12.7. The lowest BCUT2D eigenvalue weighted by molar-refractivity contribution is -0.139. The number of halogens is 2. The molecule has 2 rings (SSSR count). The van der Waals surface area contributed by atoms with Crippen molar-refractivity contribution in [1.29, 1.82) is 0 Å². The molecule has 32 heavy (non-hydrogen) atoms. The molecule has 0 aliphatic carbocycles. The van der Waals surface area contributed by atoms with Crippen LogP contribution in [0.2, 0.25) is 5.02 Å². The maximum Gasteiger partial charge on any atom is 0.244 e. The van der Waals surface area contributed by atoms with E-state index in [1.807, 2.05) is 13.8 Å². The number of hydrogen-bond acceptors (Lipinski definition) is 4. The van der Waals surface area contributed by atoms with Crippen LogP contribution < -0.4 is 9.62 Å². The number of benzene rings is 2. The summed E-state index contributed by atoms with van der Waals surface area (Å²) in [6.45, 7) is 4.92. The van der Waals surface area contributed by atoms with Crippen molar-refractivity contribution in [2.45, 2.75) is 39.4 Å². The molecular weight excluding hydrogens is 518 g/mol. The standard InChI is InChI=1S/C22H27BrClN3O4S/c1-15(2)25-22(29)16(3)26(13-17-7-5-9-19(24)11-17)21(28)14-27(32(4,30)31)20-10-6-8-18(23)12-20/h5-12,15-16H,13-14H2,1-4H3,(H,25,29). The summed E-state index contributed by atoms with van der Waals surface area (Å²) in [4.78, 5) is 27.4. The molecular formula is C22H27BrClN3O4S. The highest BCUT2D eigenvalue weighted by molar-refractivity contribution is 9.10. The normalized spacial score (nSPS) is 12.3. The van der Waals surface area contributed by atoms with E-state index >= 15 is 0 Å². The molecule has 2 amide bonds. The molecule has 0 aliphatic heterocycles. The summed E-state index contributed by atoms with van der Waals surface area (Å²) in [5, 5.41) is 3.30.